The van der Waals surface area contributed by atoms with Crippen LogP contribution in [-0.2, 0) is 19.6 Å². The zero-order chi connectivity index (χ0) is 17.8. The number of carboxylic acid groups (broad SMARTS) is 1. The average molecular weight is 343 g/mol. The first-order valence-corrected chi connectivity index (χ1v) is 8.56. The van der Waals surface area contributed by atoms with Crippen LogP contribution in [0.5, 0.6) is 0 Å². The molecule has 23 heavy (non-hydrogen) atoms. The van der Waals surface area contributed by atoms with Gasteiger partial charge in [-0.15, -0.1) is 0 Å². The van der Waals surface area contributed by atoms with Crippen LogP contribution < -0.4 is 4.72 Å². The summed E-state index contributed by atoms with van der Waals surface area (Å²) in [7, 11) is -2.79. The Morgan fingerprint density at radius 2 is 1.96 bits per heavy atom. The number of sulfonamides is 1. The Morgan fingerprint density at radius 3 is 2.39 bits per heavy atom. The van der Waals surface area contributed by atoms with Crippen molar-refractivity contribution in [3.05, 3.63) is 29.3 Å². The fraction of sp³-hybridized carbons (Fsp3) is 0.467. The van der Waals surface area contributed by atoms with Crippen molar-refractivity contribution in [1.29, 1.82) is 0 Å². The lowest BCUT2D eigenvalue weighted by Crippen LogP contribution is -2.45. The lowest BCUT2D eigenvalue weighted by atomic mass is 10.0. The summed E-state index contributed by atoms with van der Waals surface area (Å²) in [4.78, 5) is 22.7. The summed E-state index contributed by atoms with van der Waals surface area (Å²) in [6.45, 7) is 4.97. The molecule has 7 nitrogen and oxygen atoms in total. The standard InChI is InChI=1S/C15H21NO6S/c1-5-9(2)13(14(17)18)16-23(20,21)12-7-6-11(8-10(12)3)15(19)22-4/h6-9,13,16H,5H2,1-4H3,(H,17,18)/t9-,13-/m0/s1. The van der Waals surface area contributed by atoms with Crippen LogP contribution in [0.1, 0.15) is 36.2 Å². The molecule has 0 saturated carbocycles. The molecule has 0 bridgehead atoms. The predicted octanol–water partition coefficient (Wildman–Crippen LogP) is 1.56. The summed E-state index contributed by atoms with van der Waals surface area (Å²) in [5.74, 6) is -2.17. The summed E-state index contributed by atoms with van der Waals surface area (Å²) in [6, 6.07) is 2.76. The average Bonchev–Trinajstić information content (AvgIpc) is 2.50. The number of carbonyl (C=O) groups is 2. The third-order valence-electron chi connectivity index (χ3n) is 3.65. The fourth-order valence-electron chi connectivity index (χ4n) is 2.07. The Labute approximate surface area is 135 Å². The van der Waals surface area contributed by atoms with E-state index in [1.165, 1.54) is 32.2 Å². The van der Waals surface area contributed by atoms with E-state index < -0.39 is 28.0 Å². The van der Waals surface area contributed by atoms with Gasteiger partial charge in [-0.05, 0) is 36.6 Å². The third-order valence-corrected chi connectivity index (χ3v) is 5.25. The van der Waals surface area contributed by atoms with Crippen molar-refractivity contribution in [3.63, 3.8) is 0 Å². The van der Waals surface area contributed by atoms with E-state index in [2.05, 4.69) is 9.46 Å². The summed E-state index contributed by atoms with van der Waals surface area (Å²) in [5.41, 5.74) is 0.550. The van der Waals surface area contributed by atoms with Gasteiger partial charge < -0.3 is 9.84 Å². The molecule has 128 valence electrons. The zero-order valence-electron chi connectivity index (χ0n) is 13.5. The van der Waals surface area contributed by atoms with E-state index in [9.17, 15) is 23.1 Å². The SMILES string of the molecule is CC[C@H](C)[C@H](NS(=O)(=O)c1ccc(C(=O)OC)cc1C)C(=O)O. The van der Waals surface area contributed by atoms with Crippen molar-refractivity contribution in [2.24, 2.45) is 5.92 Å². The molecule has 2 atom stereocenters. The van der Waals surface area contributed by atoms with Crippen LogP contribution >= 0.6 is 0 Å². The molecule has 0 unspecified atom stereocenters. The first-order valence-electron chi connectivity index (χ1n) is 7.08. The number of hydrogen-bond acceptors (Lipinski definition) is 5. The van der Waals surface area contributed by atoms with E-state index in [1.807, 2.05) is 0 Å². The molecule has 0 spiro atoms. The topological polar surface area (TPSA) is 110 Å². The van der Waals surface area contributed by atoms with E-state index in [0.717, 1.165) is 0 Å². The van der Waals surface area contributed by atoms with Gasteiger partial charge >= 0.3 is 11.9 Å². The second-order valence-electron chi connectivity index (χ2n) is 5.29. The van der Waals surface area contributed by atoms with E-state index in [0.29, 0.717) is 12.0 Å². The minimum atomic E-state index is -4.02. The van der Waals surface area contributed by atoms with Gasteiger partial charge in [0.05, 0.1) is 17.6 Å². The van der Waals surface area contributed by atoms with Crippen molar-refractivity contribution >= 4 is 22.0 Å². The van der Waals surface area contributed by atoms with Crippen molar-refractivity contribution in [1.82, 2.24) is 4.72 Å². The Kier molecular flexibility index (Phi) is 6.28. The number of carboxylic acids is 1. The Hall–Kier alpha value is -1.93. The fourth-order valence-corrected chi connectivity index (χ4v) is 3.60. The molecule has 0 fully saturated rings. The quantitative estimate of drug-likeness (QED) is 0.727. The van der Waals surface area contributed by atoms with Crippen molar-refractivity contribution in [2.75, 3.05) is 7.11 Å². The molecule has 0 amide bonds. The molecule has 0 aliphatic carbocycles. The van der Waals surface area contributed by atoms with Crippen molar-refractivity contribution in [2.45, 2.75) is 38.1 Å². The first-order chi connectivity index (χ1) is 10.6. The molecule has 0 aromatic heterocycles. The van der Waals surface area contributed by atoms with Crippen LogP contribution in [0.15, 0.2) is 23.1 Å². The smallest absolute Gasteiger partial charge is 0.337 e. The maximum Gasteiger partial charge on any atom is 0.337 e. The monoisotopic (exact) mass is 343 g/mol. The summed E-state index contributed by atoms with van der Waals surface area (Å²) in [6.07, 6.45) is 0.514. The number of hydrogen-bond donors (Lipinski definition) is 2. The maximum absolute atomic E-state index is 12.4. The Bertz CT molecular complexity index is 698. The highest BCUT2D eigenvalue weighted by atomic mass is 32.2. The number of aryl methyl sites for hydroxylation is 1. The first kappa shape index (κ1) is 19.1. The summed E-state index contributed by atoms with van der Waals surface area (Å²) < 4.78 is 31.7. The number of carbonyl (C=O) groups excluding carboxylic acids is 1. The molecule has 2 N–H and O–H groups in total. The van der Waals surface area contributed by atoms with Crippen molar-refractivity contribution in [3.8, 4) is 0 Å². The van der Waals surface area contributed by atoms with Gasteiger partial charge in [-0.3, -0.25) is 4.79 Å². The van der Waals surface area contributed by atoms with Gasteiger partial charge in [-0.1, -0.05) is 20.3 Å². The molecule has 0 aliphatic rings. The van der Waals surface area contributed by atoms with E-state index in [4.69, 9.17) is 0 Å². The van der Waals surface area contributed by atoms with Crippen LogP contribution in [0.25, 0.3) is 0 Å². The van der Waals surface area contributed by atoms with Crippen LogP contribution in [0.4, 0.5) is 0 Å². The molecule has 0 heterocycles. The highest BCUT2D eigenvalue weighted by molar-refractivity contribution is 7.89. The minimum Gasteiger partial charge on any atom is -0.480 e. The second kappa shape index (κ2) is 7.56. The molecule has 0 saturated heterocycles. The molecule has 1 aromatic rings. The maximum atomic E-state index is 12.4. The number of aliphatic carboxylic acids is 1. The number of benzene rings is 1. The van der Waals surface area contributed by atoms with E-state index in [1.54, 1.807) is 13.8 Å². The highest BCUT2D eigenvalue weighted by Crippen LogP contribution is 2.19. The number of esters is 1. The van der Waals surface area contributed by atoms with Gasteiger partial charge in [0.15, 0.2) is 0 Å². The van der Waals surface area contributed by atoms with Crippen LogP contribution in [0, 0.1) is 12.8 Å². The van der Waals surface area contributed by atoms with Gasteiger partial charge in [0.2, 0.25) is 10.0 Å². The molecule has 1 rings (SSSR count). The highest BCUT2D eigenvalue weighted by Gasteiger charge is 2.30. The molecule has 0 radical (unpaired) electrons. The summed E-state index contributed by atoms with van der Waals surface area (Å²) in [5, 5.41) is 9.21. The molecule has 1 aromatic carbocycles. The van der Waals surface area contributed by atoms with Crippen LogP contribution in [0.3, 0.4) is 0 Å². The minimum absolute atomic E-state index is 0.0697. The number of methoxy groups -OCH3 is 1. The Balaban J connectivity index is 3.18. The van der Waals surface area contributed by atoms with Crippen LogP contribution in [-0.4, -0.2) is 38.6 Å². The van der Waals surface area contributed by atoms with Crippen molar-refractivity contribution < 1.29 is 27.9 Å². The van der Waals surface area contributed by atoms with E-state index in [-0.39, 0.29) is 16.4 Å². The lowest BCUT2D eigenvalue weighted by Gasteiger charge is -2.20. The largest absolute Gasteiger partial charge is 0.480 e. The lowest BCUT2D eigenvalue weighted by molar-refractivity contribution is -0.140. The van der Waals surface area contributed by atoms with E-state index >= 15 is 0 Å². The normalized spacial score (nSPS) is 14.1. The van der Waals surface area contributed by atoms with Gasteiger partial charge in [0, 0.05) is 0 Å². The van der Waals surface area contributed by atoms with Gasteiger partial charge in [-0.2, -0.15) is 4.72 Å². The third kappa shape index (κ3) is 4.52. The Morgan fingerprint density at radius 1 is 1.35 bits per heavy atom. The zero-order valence-corrected chi connectivity index (χ0v) is 14.3. The van der Waals surface area contributed by atoms with Gasteiger partial charge in [0.1, 0.15) is 6.04 Å². The predicted molar refractivity (Wildman–Crippen MR) is 83.7 cm³/mol. The van der Waals surface area contributed by atoms with Gasteiger partial charge in [-0.25, -0.2) is 13.2 Å². The molecular formula is C15H21NO6S. The number of ether oxygens (including phenoxy) is 1. The molecule has 0 aliphatic heterocycles. The number of rotatable bonds is 7. The molecule has 8 heteroatoms. The molecular weight excluding hydrogens is 322 g/mol. The van der Waals surface area contributed by atoms with Crippen LogP contribution in [0.2, 0.25) is 0 Å². The summed E-state index contributed by atoms with van der Waals surface area (Å²) >= 11 is 0. The van der Waals surface area contributed by atoms with Gasteiger partial charge in [0.25, 0.3) is 0 Å². The number of nitrogens with one attached hydrogen (secondary N) is 1. The second-order valence-corrected chi connectivity index (χ2v) is 6.98.